The summed E-state index contributed by atoms with van der Waals surface area (Å²) in [6.07, 6.45) is 0. The van der Waals surface area contributed by atoms with E-state index in [1.807, 2.05) is 6.07 Å². The van der Waals surface area contributed by atoms with Crippen LogP contribution in [0.15, 0.2) is 229 Å². The van der Waals surface area contributed by atoms with Crippen LogP contribution in [0.5, 0.6) is 0 Å². The maximum atomic E-state index is 6.55. The van der Waals surface area contributed by atoms with Crippen LogP contribution in [0.25, 0.3) is 88.0 Å². The minimum absolute atomic E-state index is 0.899. The van der Waals surface area contributed by atoms with Gasteiger partial charge < -0.3 is 9.32 Å². The van der Waals surface area contributed by atoms with Crippen LogP contribution in [0.2, 0.25) is 0 Å². The van der Waals surface area contributed by atoms with Gasteiger partial charge in [0.1, 0.15) is 11.2 Å². The van der Waals surface area contributed by atoms with Gasteiger partial charge in [-0.3, -0.25) is 0 Å². The second kappa shape index (κ2) is 14.1. The number of fused-ring (bicyclic) bond motifs is 6. The fourth-order valence-corrected chi connectivity index (χ4v) is 8.57. The van der Waals surface area contributed by atoms with Crippen LogP contribution in [0, 0.1) is 0 Å². The fraction of sp³-hybridized carbons (Fsp3) is 0. The third kappa shape index (κ3) is 6.00. The molecular weight excluding hydrogens is 703 g/mol. The van der Waals surface area contributed by atoms with Crippen molar-refractivity contribution in [3.63, 3.8) is 0 Å². The highest BCUT2D eigenvalue weighted by Crippen LogP contribution is 2.43. The van der Waals surface area contributed by atoms with Gasteiger partial charge in [0.05, 0.1) is 0 Å². The van der Waals surface area contributed by atoms with Crippen molar-refractivity contribution in [1.82, 2.24) is 0 Å². The highest BCUT2D eigenvalue weighted by atomic mass is 16.3. The van der Waals surface area contributed by atoms with Gasteiger partial charge in [0.2, 0.25) is 0 Å². The van der Waals surface area contributed by atoms with E-state index in [4.69, 9.17) is 4.42 Å². The van der Waals surface area contributed by atoms with Gasteiger partial charge in [0.15, 0.2) is 0 Å². The van der Waals surface area contributed by atoms with Crippen LogP contribution in [0.3, 0.4) is 0 Å². The summed E-state index contributed by atoms with van der Waals surface area (Å²) in [5.74, 6) is 0. The van der Waals surface area contributed by atoms with E-state index in [1.165, 1.54) is 54.9 Å². The summed E-state index contributed by atoms with van der Waals surface area (Å²) in [5.41, 5.74) is 14.5. The predicted octanol–water partition coefficient (Wildman–Crippen LogP) is 16.0. The van der Waals surface area contributed by atoms with E-state index >= 15 is 0 Å². The van der Waals surface area contributed by atoms with Gasteiger partial charge in [-0.2, -0.15) is 0 Å². The minimum Gasteiger partial charge on any atom is -0.456 e. The SMILES string of the molecule is c1ccc(-c2cccc(N(c3ccc(-c4ccc5c(-c6ccc7ccccc7c6)cc6oc7ccccc7c6c5c4)cc3)c3cccc(-c4ccccc4)c3)c2)cc1. The number of furan rings is 1. The Morgan fingerprint density at radius 2 is 0.828 bits per heavy atom. The number of rotatable bonds is 7. The maximum absolute atomic E-state index is 6.55. The molecule has 272 valence electrons. The van der Waals surface area contributed by atoms with Crippen molar-refractivity contribution in [1.29, 1.82) is 0 Å². The molecule has 0 unspecified atom stereocenters. The first-order chi connectivity index (χ1) is 28.7. The van der Waals surface area contributed by atoms with Gasteiger partial charge in [-0.1, -0.05) is 164 Å². The zero-order valence-corrected chi connectivity index (χ0v) is 31.7. The van der Waals surface area contributed by atoms with E-state index in [9.17, 15) is 0 Å². The minimum atomic E-state index is 0.899. The molecular formula is C56H37NO. The van der Waals surface area contributed by atoms with Crippen molar-refractivity contribution in [2.45, 2.75) is 0 Å². The van der Waals surface area contributed by atoms with Crippen LogP contribution in [-0.2, 0) is 0 Å². The second-order valence-corrected chi connectivity index (χ2v) is 14.9. The van der Waals surface area contributed by atoms with Gasteiger partial charge >= 0.3 is 0 Å². The van der Waals surface area contributed by atoms with E-state index in [-0.39, 0.29) is 0 Å². The van der Waals surface area contributed by atoms with Gasteiger partial charge in [-0.15, -0.1) is 0 Å². The van der Waals surface area contributed by atoms with E-state index in [2.05, 4.69) is 223 Å². The molecule has 0 aliphatic rings. The molecule has 1 heterocycles. The quantitative estimate of drug-likeness (QED) is 0.162. The average molecular weight is 740 g/mol. The summed E-state index contributed by atoms with van der Waals surface area (Å²) in [6.45, 7) is 0. The Balaban J connectivity index is 1.04. The fourth-order valence-electron chi connectivity index (χ4n) is 8.57. The molecule has 2 nitrogen and oxygen atoms in total. The molecule has 11 aromatic rings. The molecule has 0 aliphatic carbocycles. The molecule has 0 bridgehead atoms. The zero-order chi connectivity index (χ0) is 38.4. The van der Waals surface area contributed by atoms with Crippen molar-refractivity contribution in [3.05, 3.63) is 224 Å². The Morgan fingerprint density at radius 1 is 0.276 bits per heavy atom. The van der Waals surface area contributed by atoms with Crippen molar-refractivity contribution < 1.29 is 4.42 Å². The summed E-state index contributed by atoms with van der Waals surface area (Å²) in [6, 6.07) is 80.7. The first-order valence-electron chi connectivity index (χ1n) is 19.8. The standard InChI is InChI=1S/C56H37NO/c1-3-13-38(14-4-1)43-19-11-21-48(34-43)57(49-22-12-20-44(35-49)39-15-5-2-6-16-39)47-30-27-41(28-31-47)45-29-32-50-52(46-26-25-40-17-7-8-18-42(40)33-46)37-55-56(53(50)36-45)51-23-9-10-24-54(51)58-55/h1-37H. The molecule has 0 radical (unpaired) electrons. The Hall–Kier alpha value is -7.68. The molecule has 1 aromatic heterocycles. The van der Waals surface area contributed by atoms with Crippen LogP contribution in [0.1, 0.15) is 0 Å². The number of nitrogens with zero attached hydrogens (tertiary/aromatic N) is 1. The van der Waals surface area contributed by atoms with Crippen LogP contribution in [-0.4, -0.2) is 0 Å². The molecule has 0 N–H and O–H groups in total. The number of anilines is 3. The smallest absolute Gasteiger partial charge is 0.136 e. The van der Waals surface area contributed by atoms with Gasteiger partial charge in [-0.25, -0.2) is 0 Å². The first-order valence-corrected chi connectivity index (χ1v) is 19.8. The number of benzene rings is 10. The maximum Gasteiger partial charge on any atom is 0.136 e. The third-order valence-corrected chi connectivity index (χ3v) is 11.4. The average Bonchev–Trinajstić information content (AvgIpc) is 3.68. The van der Waals surface area contributed by atoms with Crippen molar-refractivity contribution in [2.24, 2.45) is 0 Å². The number of hydrogen-bond acceptors (Lipinski definition) is 2. The normalized spacial score (nSPS) is 11.4. The van der Waals surface area contributed by atoms with Gasteiger partial charge in [0, 0.05) is 27.8 Å². The third-order valence-electron chi connectivity index (χ3n) is 11.4. The van der Waals surface area contributed by atoms with Gasteiger partial charge in [0.25, 0.3) is 0 Å². The monoisotopic (exact) mass is 739 g/mol. The summed E-state index contributed by atoms with van der Waals surface area (Å²) in [4.78, 5) is 2.36. The Morgan fingerprint density at radius 3 is 1.53 bits per heavy atom. The van der Waals surface area contributed by atoms with Crippen LogP contribution >= 0.6 is 0 Å². The van der Waals surface area contributed by atoms with Crippen LogP contribution < -0.4 is 4.90 Å². The lowest BCUT2D eigenvalue weighted by molar-refractivity contribution is 0.669. The second-order valence-electron chi connectivity index (χ2n) is 14.9. The molecule has 11 rings (SSSR count). The van der Waals surface area contributed by atoms with E-state index in [0.717, 1.165) is 50.1 Å². The summed E-state index contributed by atoms with van der Waals surface area (Å²) < 4.78 is 6.55. The van der Waals surface area contributed by atoms with Crippen LogP contribution in [0.4, 0.5) is 17.1 Å². The lowest BCUT2D eigenvalue weighted by Gasteiger charge is -2.27. The molecule has 58 heavy (non-hydrogen) atoms. The Labute approximate surface area is 337 Å². The molecule has 0 amide bonds. The summed E-state index contributed by atoms with van der Waals surface area (Å²) >= 11 is 0. The first kappa shape index (κ1) is 33.6. The lowest BCUT2D eigenvalue weighted by atomic mass is 9.91. The lowest BCUT2D eigenvalue weighted by Crippen LogP contribution is -2.10. The molecule has 0 saturated heterocycles. The zero-order valence-electron chi connectivity index (χ0n) is 31.7. The van der Waals surface area contributed by atoms with Crippen molar-refractivity contribution >= 4 is 60.5 Å². The molecule has 0 fully saturated rings. The van der Waals surface area contributed by atoms with Crippen molar-refractivity contribution in [2.75, 3.05) is 4.90 Å². The summed E-state index contributed by atoms with van der Waals surface area (Å²) in [5, 5.41) is 7.13. The molecule has 2 heteroatoms. The highest BCUT2D eigenvalue weighted by molar-refractivity contribution is 6.22. The van der Waals surface area contributed by atoms with E-state index in [1.54, 1.807) is 0 Å². The molecule has 10 aromatic carbocycles. The van der Waals surface area contributed by atoms with E-state index < -0.39 is 0 Å². The number of para-hydroxylation sites is 1. The van der Waals surface area contributed by atoms with Crippen molar-refractivity contribution in [3.8, 4) is 44.5 Å². The molecule has 0 spiro atoms. The largest absolute Gasteiger partial charge is 0.456 e. The highest BCUT2D eigenvalue weighted by Gasteiger charge is 2.18. The predicted molar refractivity (Wildman–Crippen MR) is 245 cm³/mol. The topological polar surface area (TPSA) is 16.4 Å². The van der Waals surface area contributed by atoms with E-state index in [0.29, 0.717) is 0 Å². The molecule has 0 aliphatic heterocycles. The number of hydrogen-bond donors (Lipinski definition) is 0. The van der Waals surface area contributed by atoms with Gasteiger partial charge in [-0.05, 0) is 127 Å². The Bertz CT molecular complexity index is 3190. The summed E-state index contributed by atoms with van der Waals surface area (Å²) in [7, 11) is 0. The molecule has 0 saturated carbocycles. The molecule has 0 atom stereocenters. The Kier molecular flexibility index (Phi) is 8.19.